The highest BCUT2D eigenvalue weighted by Crippen LogP contribution is 2.28. The zero-order valence-electron chi connectivity index (χ0n) is 21.5. The van der Waals surface area contributed by atoms with Crippen molar-refractivity contribution in [3.8, 4) is 0 Å². The number of benzene rings is 1. The quantitative estimate of drug-likeness (QED) is 0.438. The van der Waals surface area contributed by atoms with Crippen molar-refractivity contribution in [1.29, 1.82) is 0 Å². The van der Waals surface area contributed by atoms with Crippen LogP contribution in [0.15, 0.2) is 18.2 Å². The fourth-order valence-corrected chi connectivity index (χ4v) is 3.66. The van der Waals surface area contributed by atoms with Gasteiger partial charge in [-0.3, -0.25) is 9.59 Å². The van der Waals surface area contributed by atoms with Gasteiger partial charge in [-0.25, -0.2) is 4.79 Å². The van der Waals surface area contributed by atoms with Gasteiger partial charge in [-0.1, -0.05) is 51.3 Å². The van der Waals surface area contributed by atoms with Crippen LogP contribution in [0.4, 0.5) is 4.79 Å². The van der Waals surface area contributed by atoms with Gasteiger partial charge in [-0.2, -0.15) is 0 Å². The van der Waals surface area contributed by atoms with Gasteiger partial charge in [0.05, 0.1) is 0 Å². The molecule has 1 aromatic rings. The summed E-state index contributed by atoms with van der Waals surface area (Å²) in [6.07, 6.45) is 3.97. The summed E-state index contributed by atoms with van der Waals surface area (Å²) in [4.78, 5) is 40.4. The Kier molecular flexibility index (Phi) is 12.0. The highest BCUT2D eigenvalue weighted by Gasteiger charge is 2.33. The summed E-state index contributed by atoms with van der Waals surface area (Å²) >= 11 is 0. The molecule has 0 aliphatic rings. The summed E-state index contributed by atoms with van der Waals surface area (Å²) in [6.45, 7) is 14.1. The van der Waals surface area contributed by atoms with E-state index in [9.17, 15) is 14.4 Å². The molecular weight excluding hydrogens is 418 g/mol. The number of hydrogen-bond donors (Lipinski definition) is 2. The fraction of sp³-hybridized carbons (Fsp3) is 0.654. The molecule has 1 unspecified atom stereocenters. The Morgan fingerprint density at radius 1 is 0.970 bits per heavy atom. The molecule has 0 fully saturated rings. The van der Waals surface area contributed by atoms with Gasteiger partial charge in [0.25, 0.3) is 0 Å². The smallest absolute Gasteiger partial charge is 0.408 e. The Morgan fingerprint density at radius 2 is 1.58 bits per heavy atom. The lowest BCUT2D eigenvalue weighted by Crippen LogP contribution is -2.48. The van der Waals surface area contributed by atoms with Crippen molar-refractivity contribution in [1.82, 2.24) is 15.5 Å². The molecule has 1 rings (SSSR count). The van der Waals surface area contributed by atoms with E-state index in [4.69, 9.17) is 4.74 Å². The Balaban J connectivity index is 3.21. The molecule has 1 atom stereocenters. The molecule has 0 heterocycles. The monoisotopic (exact) mass is 461 g/mol. The highest BCUT2D eigenvalue weighted by atomic mass is 16.6. The summed E-state index contributed by atoms with van der Waals surface area (Å²) in [6, 6.07) is 5.11. The van der Waals surface area contributed by atoms with Crippen LogP contribution in [-0.4, -0.2) is 48.0 Å². The number of ether oxygens (including phenoxy) is 1. The van der Waals surface area contributed by atoms with Crippen LogP contribution in [0, 0.1) is 13.8 Å². The van der Waals surface area contributed by atoms with E-state index < -0.39 is 17.7 Å². The number of nitrogens with one attached hydrogen (secondary N) is 2. The van der Waals surface area contributed by atoms with E-state index in [-0.39, 0.29) is 18.4 Å². The predicted octanol–water partition coefficient (Wildman–Crippen LogP) is 4.80. The minimum atomic E-state index is -0.757. The van der Waals surface area contributed by atoms with Gasteiger partial charge in [0, 0.05) is 13.1 Å². The number of unbranched alkanes of at least 4 members (excludes halogenated alkanes) is 3. The topological polar surface area (TPSA) is 87.7 Å². The highest BCUT2D eigenvalue weighted by molar-refractivity contribution is 5.91. The molecule has 0 bridgehead atoms. The molecular formula is C26H43N3O4. The van der Waals surface area contributed by atoms with Gasteiger partial charge < -0.3 is 20.3 Å². The Hall–Kier alpha value is -2.57. The first-order valence-electron chi connectivity index (χ1n) is 12.1. The molecule has 0 spiro atoms. The van der Waals surface area contributed by atoms with E-state index >= 15 is 0 Å². The average molecular weight is 462 g/mol. The molecule has 0 saturated carbocycles. The average Bonchev–Trinajstić information content (AvgIpc) is 2.72. The third kappa shape index (κ3) is 9.84. The molecule has 186 valence electrons. The van der Waals surface area contributed by atoms with Crippen molar-refractivity contribution in [2.75, 3.05) is 19.6 Å². The van der Waals surface area contributed by atoms with E-state index in [0.29, 0.717) is 13.1 Å². The number of carbonyl (C=O) groups excluding carboxylic acids is 3. The maximum atomic E-state index is 13.4. The van der Waals surface area contributed by atoms with Gasteiger partial charge in [0.1, 0.15) is 18.2 Å². The maximum absolute atomic E-state index is 13.4. The van der Waals surface area contributed by atoms with Gasteiger partial charge in [-0.05, 0) is 64.2 Å². The van der Waals surface area contributed by atoms with Crippen molar-refractivity contribution in [3.63, 3.8) is 0 Å². The molecule has 0 saturated heterocycles. The van der Waals surface area contributed by atoms with E-state index in [0.717, 1.165) is 48.8 Å². The van der Waals surface area contributed by atoms with E-state index in [2.05, 4.69) is 17.6 Å². The zero-order chi connectivity index (χ0) is 25.0. The lowest BCUT2D eigenvalue weighted by Gasteiger charge is -2.33. The Labute approximate surface area is 199 Å². The van der Waals surface area contributed by atoms with Crippen molar-refractivity contribution in [3.05, 3.63) is 34.9 Å². The summed E-state index contributed by atoms with van der Waals surface area (Å²) in [5, 5.41) is 5.58. The van der Waals surface area contributed by atoms with Crippen molar-refractivity contribution in [2.24, 2.45) is 0 Å². The Morgan fingerprint density at radius 3 is 2.12 bits per heavy atom. The first-order valence-corrected chi connectivity index (χ1v) is 12.1. The van der Waals surface area contributed by atoms with Crippen LogP contribution in [0.2, 0.25) is 0 Å². The van der Waals surface area contributed by atoms with E-state index in [1.165, 1.54) is 0 Å². The molecule has 7 heteroatoms. The second-order valence-electron chi connectivity index (χ2n) is 9.50. The van der Waals surface area contributed by atoms with E-state index in [1.54, 1.807) is 25.7 Å². The molecule has 0 aliphatic carbocycles. The number of carbonyl (C=O) groups is 3. The van der Waals surface area contributed by atoms with Crippen LogP contribution in [0.5, 0.6) is 0 Å². The molecule has 0 aromatic heterocycles. The molecule has 7 nitrogen and oxygen atoms in total. The summed E-state index contributed by atoms with van der Waals surface area (Å²) in [5.41, 5.74) is 2.09. The Bertz CT molecular complexity index is 766. The second-order valence-corrected chi connectivity index (χ2v) is 9.50. The normalized spacial score (nSPS) is 12.1. The van der Waals surface area contributed by atoms with Gasteiger partial charge >= 0.3 is 6.09 Å². The number of aryl methyl sites for hydroxylation is 2. The minimum absolute atomic E-state index is 0.190. The third-order valence-electron chi connectivity index (χ3n) is 5.31. The fourth-order valence-electron chi connectivity index (χ4n) is 3.66. The van der Waals surface area contributed by atoms with E-state index in [1.807, 2.05) is 39.0 Å². The van der Waals surface area contributed by atoms with Crippen LogP contribution in [0.25, 0.3) is 0 Å². The number of rotatable bonds is 12. The standard InChI is InChI=1S/C26H43N3O4/c1-8-10-12-16-27-24(31)23(22-19(3)14-13-15-20(22)4)29(17-11-9-2)21(30)18-28-25(32)33-26(5,6)7/h13-15,23H,8-12,16-18H2,1-7H3,(H,27,31)(H,28,32). The van der Waals surface area contributed by atoms with Crippen LogP contribution in [0.1, 0.15) is 89.5 Å². The number of alkyl carbamates (subject to hydrolysis) is 1. The number of amides is 3. The summed E-state index contributed by atoms with van der Waals surface area (Å²) < 4.78 is 5.26. The lowest BCUT2D eigenvalue weighted by molar-refractivity contribution is -0.140. The maximum Gasteiger partial charge on any atom is 0.408 e. The van der Waals surface area contributed by atoms with Gasteiger partial charge in [-0.15, -0.1) is 0 Å². The zero-order valence-corrected chi connectivity index (χ0v) is 21.5. The molecule has 0 aliphatic heterocycles. The lowest BCUT2D eigenvalue weighted by atomic mass is 9.93. The minimum Gasteiger partial charge on any atom is -0.444 e. The SMILES string of the molecule is CCCCCNC(=O)C(c1c(C)cccc1C)N(CCCC)C(=O)CNC(=O)OC(C)(C)C. The molecule has 1 aromatic carbocycles. The van der Waals surface area contributed by atoms with Crippen LogP contribution >= 0.6 is 0 Å². The summed E-state index contributed by atoms with van der Waals surface area (Å²) in [5.74, 6) is -0.504. The molecule has 2 N–H and O–H groups in total. The van der Waals surface area contributed by atoms with Crippen molar-refractivity contribution >= 4 is 17.9 Å². The largest absolute Gasteiger partial charge is 0.444 e. The summed E-state index contributed by atoms with van der Waals surface area (Å²) in [7, 11) is 0. The van der Waals surface area contributed by atoms with Crippen LogP contribution in [-0.2, 0) is 14.3 Å². The van der Waals surface area contributed by atoms with Crippen molar-refractivity contribution < 1.29 is 19.1 Å². The molecule has 33 heavy (non-hydrogen) atoms. The van der Waals surface area contributed by atoms with Crippen LogP contribution < -0.4 is 10.6 Å². The van der Waals surface area contributed by atoms with Crippen molar-refractivity contribution in [2.45, 2.75) is 92.2 Å². The molecule has 0 radical (unpaired) electrons. The number of hydrogen-bond acceptors (Lipinski definition) is 4. The third-order valence-corrected chi connectivity index (χ3v) is 5.31. The van der Waals surface area contributed by atoms with Gasteiger partial charge in [0.2, 0.25) is 11.8 Å². The second kappa shape index (κ2) is 13.9. The van der Waals surface area contributed by atoms with Crippen LogP contribution in [0.3, 0.4) is 0 Å². The first kappa shape index (κ1) is 28.5. The predicted molar refractivity (Wildman–Crippen MR) is 132 cm³/mol. The number of nitrogens with zero attached hydrogens (tertiary/aromatic N) is 1. The first-order chi connectivity index (χ1) is 15.5. The van der Waals surface area contributed by atoms with Gasteiger partial charge in [0.15, 0.2) is 0 Å². The molecule has 3 amide bonds.